The summed E-state index contributed by atoms with van der Waals surface area (Å²) in [5.41, 5.74) is 1.92. The topological polar surface area (TPSA) is 47.0 Å². The second kappa shape index (κ2) is 5.61. The van der Waals surface area contributed by atoms with Gasteiger partial charge in [0.25, 0.3) is 0 Å². The molecule has 0 spiro atoms. The van der Waals surface area contributed by atoms with Gasteiger partial charge in [-0.25, -0.2) is 0 Å². The van der Waals surface area contributed by atoms with E-state index >= 15 is 0 Å². The van der Waals surface area contributed by atoms with Crippen molar-refractivity contribution in [1.82, 2.24) is 15.3 Å². The molecule has 2 heterocycles. The van der Waals surface area contributed by atoms with Crippen LogP contribution in [0.25, 0.3) is 0 Å². The van der Waals surface area contributed by atoms with E-state index in [9.17, 15) is 0 Å². The predicted octanol–water partition coefficient (Wildman–Crippen LogP) is 1.57. The molecule has 1 aromatic heterocycles. The molecule has 0 aromatic carbocycles. The molecule has 0 amide bonds. The summed E-state index contributed by atoms with van der Waals surface area (Å²) in [6.45, 7) is 3.54. The largest absolute Gasteiger partial charge is 0.497 e. The molecule has 2 rings (SSSR count). The molecular formula is C12H17N3O. The highest BCUT2D eigenvalue weighted by molar-refractivity contribution is 5.00. The molecule has 1 aromatic rings. The van der Waals surface area contributed by atoms with Crippen LogP contribution in [0.4, 0.5) is 0 Å². The van der Waals surface area contributed by atoms with Crippen LogP contribution in [0.5, 0.6) is 0 Å². The highest BCUT2D eigenvalue weighted by atomic mass is 16.5. The van der Waals surface area contributed by atoms with Crippen molar-refractivity contribution in [3.8, 4) is 0 Å². The fraction of sp³-hybridized carbons (Fsp3) is 0.500. The molecule has 16 heavy (non-hydrogen) atoms. The van der Waals surface area contributed by atoms with Crippen LogP contribution >= 0.6 is 0 Å². The first-order chi connectivity index (χ1) is 7.84. The Bertz CT molecular complexity index is 348. The van der Waals surface area contributed by atoms with Crippen LogP contribution < -0.4 is 5.32 Å². The normalized spacial score (nSPS) is 19.4. The maximum atomic E-state index is 5.46. The lowest BCUT2D eigenvalue weighted by Gasteiger charge is -2.19. The molecule has 4 nitrogen and oxygen atoms in total. The van der Waals surface area contributed by atoms with E-state index in [2.05, 4.69) is 21.4 Å². The SMILES string of the molecule is Cc1cnc(CNCC2CCC=CO2)cn1. The minimum absolute atomic E-state index is 0.295. The zero-order valence-corrected chi connectivity index (χ0v) is 9.52. The number of aromatic nitrogens is 2. The van der Waals surface area contributed by atoms with Gasteiger partial charge < -0.3 is 10.1 Å². The van der Waals surface area contributed by atoms with Crippen molar-refractivity contribution < 1.29 is 4.74 Å². The third-order valence-corrected chi connectivity index (χ3v) is 2.54. The lowest BCUT2D eigenvalue weighted by molar-refractivity contribution is 0.122. The number of hydrogen-bond acceptors (Lipinski definition) is 4. The molecule has 4 heteroatoms. The molecular weight excluding hydrogens is 202 g/mol. The van der Waals surface area contributed by atoms with Crippen LogP contribution in [-0.4, -0.2) is 22.6 Å². The molecule has 86 valence electrons. The fourth-order valence-corrected chi connectivity index (χ4v) is 1.61. The van der Waals surface area contributed by atoms with Gasteiger partial charge in [-0.2, -0.15) is 0 Å². The summed E-state index contributed by atoms with van der Waals surface area (Å²) in [7, 11) is 0. The van der Waals surface area contributed by atoms with E-state index in [1.54, 1.807) is 12.5 Å². The van der Waals surface area contributed by atoms with Gasteiger partial charge in [0, 0.05) is 25.5 Å². The number of rotatable bonds is 4. The maximum Gasteiger partial charge on any atom is 0.110 e. The van der Waals surface area contributed by atoms with E-state index in [0.29, 0.717) is 6.10 Å². The van der Waals surface area contributed by atoms with Gasteiger partial charge in [-0.1, -0.05) is 0 Å². The lowest BCUT2D eigenvalue weighted by atomic mass is 10.1. The Kier molecular flexibility index (Phi) is 3.88. The summed E-state index contributed by atoms with van der Waals surface area (Å²) < 4.78 is 5.46. The molecule has 1 unspecified atom stereocenters. The summed E-state index contributed by atoms with van der Waals surface area (Å²) in [6.07, 6.45) is 9.94. The van der Waals surface area contributed by atoms with E-state index in [1.165, 1.54) is 0 Å². The van der Waals surface area contributed by atoms with Crippen molar-refractivity contribution in [1.29, 1.82) is 0 Å². The smallest absolute Gasteiger partial charge is 0.110 e. The predicted molar refractivity (Wildman–Crippen MR) is 61.7 cm³/mol. The maximum absolute atomic E-state index is 5.46. The van der Waals surface area contributed by atoms with Gasteiger partial charge in [-0.3, -0.25) is 9.97 Å². The molecule has 0 saturated heterocycles. The molecule has 0 radical (unpaired) electrons. The minimum Gasteiger partial charge on any atom is -0.497 e. The van der Waals surface area contributed by atoms with Crippen molar-refractivity contribution >= 4 is 0 Å². The average molecular weight is 219 g/mol. The number of nitrogens with one attached hydrogen (secondary N) is 1. The molecule has 1 atom stereocenters. The second-order valence-electron chi connectivity index (χ2n) is 3.99. The van der Waals surface area contributed by atoms with Crippen LogP contribution in [0.3, 0.4) is 0 Å². The minimum atomic E-state index is 0.295. The van der Waals surface area contributed by atoms with Gasteiger partial charge in [0.15, 0.2) is 0 Å². The third kappa shape index (κ3) is 3.31. The Morgan fingerprint density at radius 2 is 2.38 bits per heavy atom. The van der Waals surface area contributed by atoms with Gasteiger partial charge >= 0.3 is 0 Å². The van der Waals surface area contributed by atoms with Crippen LogP contribution in [-0.2, 0) is 11.3 Å². The summed E-state index contributed by atoms with van der Waals surface area (Å²) in [5.74, 6) is 0. The van der Waals surface area contributed by atoms with Crippen molar-refractivity contribution in [2.45, 2.75) is 32.4 Å². The van der Waals surface area contributed by atoms with Crippen molar-refractivity contribution in [3.05, 3.63) is 36.1 Å². The molecule has 0 aliphatic carbocycles. The van der Waals surface area contributed by atoms with Gasteiger partial charge in [0.05, 0.1) is 17.6 Å². The Labute approximate surface area is 95.8 Å². The summed E-state index contributed by atoms with van der Waals surface area (Å²) in [6, 6.07) is 0. The Morgan fingerprint density at radius 1 is 1.44 bits per heavy atom. The van der Waals surface area contributed by atoms with Gasteiger partial charge in [0.1, 0.15) is 6.10 Å². The number of ether oxygens (including phenoxy) is 1. The monoisotopic (exact) mass is 219 g/mol. The zero-order chi connectivity index (χ0) is 11.2. The van der Waals surface area contributed by atoms with E-state index in [1.807, 2.05) is 13.1 Å². The van der Waals surface area contributed by atoms with Crippen molar-refractivity contribution in [2.75, 3.05) is 6.54 Å². The molecule has 1 N–H and O–H groups in total. The molecule has 0 saturated carbocycles. The number of allylic oxidation sites excluding steroid dienone is 1. The quantitative estimate of drug-likeness (QED) is 0.835. The van der Waals surface area contributed by atoms with E-state index < -0.39 is 0 Å². The van der Waals surface area contributed by atoms with E-state index in [-0.39, 0.29) is 0 Å². The first-order valence-corrected chi connectivity index (χ1v) is 5.63. The average Bonchev–Trinajstić information content (AvgIpc) is 2.33. The van der Waals surface area contributed by atoms with Crippen LogP contribution in [0.2, 0.25) is 0 Å². The van der Waals surface area contributed by atoms with Gasteiger partial charge in [-0.05, 0) is 25.8 Å². The highest BCUT2D eigenvalue weighted by Crippen LogP contribution is 2.08. The zero-order valence-electron chi connectivity index (χ0n) is 9.52. The molecule has 0 bridgehead atoms. The van der Waals surface area contributed by atoms with E-state index in [4.69, 9.17) is 4.74 Å². The molecule has 1 aliphatic heterocycles. The van der Waals surface area contributed by atoms with Gasteiger partial charge in [0.2, 0.25) is 0 Å². The number of hydrogen-bond donors (Lipinski definition) is 1. The molecule has 1 aliphatic rings. The lowest BCUT2D eigenvalue weighted by Crippen LogP contribution is -2.29. The Balaban J connectivity index is 1.71. The number of aryl methyl sites for hydroxylation is 1. The Morgan fingerprint density at radius 3 is 3.06 bits per heavy atom. The fourth-order valence-electron chi connectivity index (χ4n) is 1.61. The summed E-state index contributed by atoms with van der Waals surface area (Å²) in [4.78, 5) is 8.48. The first-order valence-electron chi connectivity index (χ1n) is 5.63. The highest BCUT2D eigenvalue weighted by Gasteiger charge is 2.09. The van der Waals surface area contributed by atoms with Crippen molar-refractivity contribution in [2.24, 2.45) is 0 Å². The van der Waals surface area contributed by atoms with Crippen LogP contribution in [0, 0.1) is 6.92 Å². The number of nitrogens with zero attached hydrogens (tertiary/aromatic N) is 2. The van der Waals surface area contributed by atoms with Crippen molar-refractivity contribution in [3.63, 3.8) is 0 Å². The van der Waals surface area contributed by atoms with E-state index in [0.717, 1.165) is 37.3 Å². The molecule has 0 fully saturated rings. The second-order valence-corrected chi connectivity index (χ2v) is 3.99. The first kappa shape index (κ1) is 11.1. The van der Waals surface area contributed by atoms with Gasteiger partial charge in [-0.15, -0.1) is 0 Å². The summed E-state index contributed by atoms with van der Waals surface area (Å²) >= 11 is 0. The summed E-state index contributed by atoms with van der Waals surface area (Å²) in [5, 5.41) is 3.33. The third-order valence-electron chi connectivity index (χ3n) is 2.54. The van der Waals surface area contributed by atoms with Crippen LogP contribution in [0.15, 0.2) is 24.7 Å². The van der Waals surface area contributed by atoms with Crippen LogP contribution in [0.1, 0.15) is 24.2 Å². The Hall–Kier alpha value is -1.42. The standard InChI is InChI=1S/C12H17N3O/c1-10-6-15-11(8-14-10)7-13-9-12-4-2-3-5-16-12/h3,5-6,8,12-13H,2,4,7,9H2,1H3.